The van der Waals surface area contributed by atoms with Crippen molar-refractivity contribution in [2.24, 2.45) is 11.7 Å². The van der Waals surface area contributed by atoms with Crippen molar-refractivity contribution in [1.82, 2.24) is 0 Å². The molecule has 0 radical (unpaired) electrons. The van der Waals surface area contributed by atoms with Crippen LogP contribution in [0.25, 0.3) is 0 Å². The average Bonchev–Trinajstić information content (AvgIpc) is 2.45. The van der Waals surface area contributed by atoms with Gasteiger partial charge in [0, 0.05) is 13.2 Å². The predicted molar refractivity (Wildman–Crippen MR) is 88.0 cm³/mol. The molecule has 1 aliphatic rings. The lowest BCUT2D eigenvalue weighted by molar-refractivity contribution is -0.0753. The molecule has 120 valence electrons. The molecule has 1 rings (SSSR count). The van der Waals surface area contributed by atoms with Crippen LogP contribution in [0.15, 0.2) is 0 Å². The van der Waals surface area contributed by atoms with Crippen LogP contribution in [0.1, 0.15) is 90.9 Å². The quantitative estimate of drug-likeness (QED) is 0.538. The minimum absolute atomic E-state index is 0.0127. The molecule has 0 amide bonds. The van der Waals surface area contributed by atoms with Crippen molar-refractivity contribution in [3.8, 4) is 0 Å². The zero-order chi connectivity index (χ0) is 14.7. The highest BCUT2D eigenvalue weighted by atomic mass is 16.5. The molecule has 0 aromatic carbocycles. The van der Waals surface area contributed by atoms with Crippen molar-refractivity contribution in [3.05, 3.63) is 0 Å². The molecule has 0 heterocycles. The van der Waals surface area contributed by atoms with Gasteiger partial charge in [-0.3, -0.25) is 0 Å². The lowest BCUT2D eigenvalue weighted by atomic mass is 9.79. The van der Waals surface area contributed by atoms with Gasteiger partial charge in [-0.2, -0.15) is 0 Å². The van der Waals surface area contributed by atoms with Gasteiger partial charge in [0.2, 0.25) is 0 Å². The molecule has 0 spiro atoms. The van der Waals surface area contributed by atoms with E-state index >= 15 is 0 Å². The molecule has 2 N–H and O–H groups in total. The van der Waals surface area contributed by atoms with E-state index in [9.17, 15) is 0 Å². The number of unbranched alkanes of at least 4 members (excludes halogenated alkanes) is 7. The van der Waals surface area contributed by atoms with E-state index in [2.05, 4.69) is 13.8 Å². The molecule has 2 atom stereocenters. The molecule has 20 heavy (non-hydrogen) atoms. The molecule has 0 saturated heterocycles. The molecule has 2 heteroatoms. The van der Waals surface area contributed by atoms with Gasteiger partial charge in [-0.15, -0.1) is 0 Å². The van der Waals surface area contributed by atoms with E-state index in [-0.39, 0.29) is 5.60 Å². The summed E-state index contributed by atoms with van der Waals surface area (Å²) >= 11 is 0. The zero-order valence-electron chi connectivity index (χ0n) is 14.0. The number of rotatable bonds is 11. The molecule has 2 unspecified atom stereocenters. The van der Waals surface area contributed by atoms with Crippen molar-refractivity contribution in [3.63, 3.8) is 0 Å². The first-order chi connectivity index (χ1) is 9.72. The van der Waals surface area contributed by atoms with Crippen LogP contribution in [0.2, 0.25) is 0 Å². The van der Waals surface area contributed by atoms with Gasteiger partial charge in [0.25, 0.3) is 0 Å². The second-order valence-electron chi connectivity index (χ2n) is 6.91. The Labute approximate surface area is 126 Å². The van der Waals surface area contributed by atoms with Crippen LogP contribution >= 0.6 is 0 Å². The Balaban J connectivity index is 2.01. The summed E-state index contributed by atoms with van der Waals surface area (Å²) in [5, 5.41) is 0. The minimum atomic E-state index is 0.0127. The summed E-state index contributed by atoms with van der Waals surface area (Å²) in [5.74, 6) is 0.783. The van der Waals surface area contributed by atoms with Gasteiger partial charge in [0.1, 0.15) is 0 Å². The third-order valence-electron chi connectivity index (χ3n) is 4.83. The van der Waals surface area contributed by atoms with Crippen LogP contribution < -0.4 is 5.73 Å². The maximum Gasteiger partial charge on any atom is 0.0806 e. The standard InChI is InChI=1S/C18H37NO/c1-3-4-5-6-7-8-9-10-14-20-18(16-19)13-11-12-17(2)15-18/h17H,3-16,19H2,1-2H3. The van der Waals surface area contributed by atoms with E-state index < -0.39 is 0 Å². The van der Waals surface area contributed by atoms with Gasteiger partial charge < -0.3 is 10.5 Å². The molecule has 1 aliphatic carbocycles. The fourth-order valence-electron chi connectivity index (χ4n) is 3.51. The third-order valence-corrected chi connectivity index (χ3v) is 4.83. The maximum atomic E-state index is 6.21. The van der Waals surface area contributed by atoms with Gasteiger partial charge in [-0.05, 0) is 25.2 Å². The van der Waals surface area contributed by atoms with Crippen molar-refractivity contribution in [2.75, 3.05) is 13.2 Å². The van der Waals surface area contributed by atoms with Gasteiger partial charge in [0.05, 0.1) is 5.60 Å². The van der Waals surface area contributed by atoms with Crippen molar-refractivity contribution < 1.29 is 4.74 Å². The molecule has 0 aromatic heterocycles. The van der Waals surface area contributed by atoms with Crippen LogP contribution in [0.4, 0.5) is 0 Å². The summed E-state index contributed by atoms with van der Waals surface area (Å²) in [4.78, 5) is 0. The zero-order valence-corrected chi connectivity index (χ0v) is 14.0. The fraction of sp³-hybridized carbons (Fsp3) is 1.00. The van der Waals surface area contributed by atoms with Gasteiger partial charge >= 0.3 is 0 Å². The van der Waals surface area contributed by atoms with E-state index in [0.29, 0.717) is 6.54 Å². The highest BCUT2D eigenvalue weighted by Crippen LogP contribution is 2.34. The first-order valence-corrected chi connectivity index (χ1v) is 9.06. The smallest absolute Gasteiger partial charge is 0.0806 e. The van der Waals surface area contributed by atoms with Crippen LogP contribution in [-0.2, 0) is 4.74 Å². The first-order valence-electron chi connectivity index (χ1n) is 9.06. The fourth-order valence-corrected chi connectivity index (χ4v) is 3.51. The molecular weight excluding hydrogens is 246 g/mol. The molecule has 0 aromatic rings. The summed E-state index contributed by atoms with van der Waals surface area (Å²) in [6.07, 6.45) is 15.9. The first kappa shape index (κ1) is 18.0. The highest BCUT2D eigenvalue weighted by Gasteiger charge is 2.34. The summed E-state index contributed by atoms with van der Waals surface area (Å²) in [6, 6.07) is 0. The van der Waals surface area contributed by atoms with E-state index in [1.54, 1.807) is 0 Å². The van der Waals surface area contributed by atoms with E-state index in [1.807, 2.05) is 0 Å². The third kappa shape index (κ3) is 7.08. The number of ether oxygens (including phenoxy) is 1. The van der Waals surface area contributed by atoms with Crippen LogP contribution in [0.3, 0.4) is 0 Å². The van der Waals surface area contributed by atoms with Crippen molar-refractivity contribution in [2.45, 2.75) is 96.5 Å². The highest BCUT2D eigenvalue weighted by molar-refractivity contribution is 4.87. The Hall–Kier alpha value is -0.0800. The van der Waals surface area contributed by atoms with E-state index in [4.69, 9.17) is 10.5 Å². The van der Waals surface area contributed by atoms with Gasteiger partial charge in [0.15, 0.2) is 0 Å². The monoisotopic (exact) mass is 283 g/mol. The summed E-state index contributed by atoms with van der Waals surface area (Å²) in [6.45, 7) is 6.23. The Morgan fingerprint density at radius 1 is 1.05 bits per heavy atom. The van der Waals surface area contributed by atoms with Gasteiger partial charge in [-0.1, -0.05) is 71.6 Å². The number of hydrogen-bond acceptors (Lipinski definition) is 2. The van der Waals surface area contributed by atoms with E-state index in [0.717, 1.165) is 12.5 Å². The molecule has 0 bridgehead atoms. The van der Waals surface area contributed by atoms with E-state index in [1.165, 1.54) is 77.0 Å². The molecule has 1 fully saturated rings. The molecule has 0 aliphatic heterocycles. The molecular formula is C18H37NO. The van der Waals surface area contributed by atoms with Crippen LogP contribution in [0.5, 0.6) is 0 Å². The topological polar surface area (TPSA) is 35.2 Å². The lowest BCUT2D eigenvalue weighted by Crippen LogP contribution is -2.44. The average molecular weight is 284 g/mol. The Morgan fingerprint density at radius 3 is 2.30 bits per heavy atom. The predicted octanol–water partition coefficient (Wildman–Crippen LogP) is 5.05. The second-order valence-corrected chi connectivity index (χ2v) is 6.91. The summed E-state index contributed by atoms with van der Waals surface area (Å²) < 4.78 is 6.21. The van der Waals surface area contributed by atoms with Crippen molar-refractivity contribution in [1.29, 1.82) is 0 Å². The second kappa shape index (κ2) is 10.6. The maximum absolute atomic E-state index is 6.21. The normalized spacial score (nSPS) is 26.9. The van der Waals surface area contributed by atoms with Crippen LogP contribution in [-0.4, -0.2) is 18.8 Å². The Bertz CT molecular complexity index is 231. The van der Waals surface area contributed by atoms with Crippen LogP contribution in [0, 0.1) is 5.92 Å². The lowest BCUT2D eigenvalue weighted by Gasteiger charge is -2.39. The summed E-state index contributed by atoms with van der Waals surface area (Å²) in [7, 11) is 0. The number of nitrogens with two attached hydrogens (primary N) is 1. The molecule has 2 nitrogen and oxygen atoms in total. The Morgan fingerprint density at radius 2 is 1.70 bits per heavy atom. The minimum Gasteiger partial charge on any atom is -0.374 e. The summed E-state index contributed by atoms with van der Waals surface area (Å²) in [5.41, 5.74) is 6.00. The largest absolute Gasteiger partial charge is 0.374 e. The SMILES string of the molecule is CCCCCCCCCCOC1(CN)CCCC(C)C1. The van der Waals surface area contributed by atoms with Gasteiger partial charge in [-0.25, -0.2) is 0 Å². The van der Waals surface area contributed by atoms with Crippen molar-refractivity contribution >= 4 is 0 Å². The molecule has 1 saturated carbocycles. The number of hydrogen-bond donors (Lipinski definition) is 1. The Kier molecular flexibility index (Phi) is 9.54.